The number of benzene rings is 1. The maximum Gasteiger partial charge on any atom is 0.137 e. The van der Waals surface area contributed by atoms with Crippen molar-refractivity contribution in [2.45, 2.75) is 18.9 Å². The first-order valence-corrected chi connectivity index (χ1v) is 6.16. The van der Waals surface area contributed by atoms with E-state index in [-0.39, 0.29) is 11.7 Å². The van der Waals surface area contributed by atoms with Crippen LogP contribution in [0.25, 0.3) is 0 Å². The molecule has 2 unspecified atom stereocenters. The predicted molar refractivity (Wildman–Crippen MR) is 62.7 cm³/mol. The minimum Gasteiger partial charge on any atom is -0.392 e. The van der Waals surface area contributed by atoms with E-state index in [9.17, 15) is 9.50 Å². The minimum atomic E-state index is -0.458. The van der Waals surface area contributed by atoms with Crippen molar-refractivity contribution < 1.29 is 14.2 Å². The highest BCUT2D eigenvalue weighted by molar-refractivity contribution is 9.10. The van der Waals surface area contributed by atoms with Crippen molar-refractivity contribution in [1.29, 1.82) is 0 Å². The highest BCUT2D eigenvalue weighted by Gasteiger charge is 2.24. The van der Waals surface area contributed by atoms with Crippen LogP contribution >= 0.6 is 15.9 Å². The Labute approximate surface area is 103 Å². The van der Waals surface area contributed by atoms with E-state index < -0.39 is 6.10 Å². The number of aliphatic hydroxyl groups is 1. The third kappa shape index (κ3) is 2.62. The second-order valence-electron chi connectivity index (χ2n) is 4.11. The van der Waals surface area contributed by atoms with Crippen molar-refractivity contribution in [2.75, 3.05) is 13.2 Å². The van der Waals surface area contributed by atoms with Crippen LogP contribution in [0, 0.1) is 11.7 Å². The first-order valence-electron chi connectivity index (χ1n) is 5.37. The van der Waals surface area contributed by atoms with Crippen LogP contribution in [0.1, 0.15) is 12.0 Å². The van der Waals surface area contributed by atoms with Crippen LogP contribution in [-0.4, -0.2) is 24.4 Å². The SMILES string of the molecule is OC(Cc1cccc(F)c1Br)C1CCOC1. The lowest BCUT2D eigenvalue weighted by atomic mass is 9.95. The van der Waals surface area contributed by atoms with Gasteiger partial charge in [0.1, 0.15) is 5.82 Å². The van der Waals surface area contributed by atoms with E-state index in [0.29, 0.717) is 24.1 Å². The summed E-state index contributed by atoms with van der Waals surface area (Å²) in [5, 5.41) is 9.99. The summed E-state index contributed by atoms with van der Waals surface area (Å²) in [5.74, 6) is -0.109. The Hall–Kier alpha value is -0.450. The monoisotopic (exact) mass is 288 g/mol. The standard InChI is InChI=1S/C12H14BrFO2/c13-12-8(2-1-3-10(12)14)6-11(15)9-4-5-16-7-9/h1-3,9,11,15H,4-7H2. The first-order chi connectivity index (χ1) is 7.68. The number of halogens is 2. The second kappa shape index (κ2) is 5.25. The summed E-state index contributed by atoms with van der Waals surface area (Å²) in [6.45, 7) is 1.32. The molecule has 2 nitrogen and oxygen atoms in total. The molecule has 0 saturated carbocycles. The number of aliphatic hydroxyl groups excluding tert-OH is 1. The molecule has 0 aromatic heterocycles. The number of hydrogen-bond acceptors (Lipinski definition) is 2. The van der Waals surface area contributed by atoms with Crippen LogP contribution < -0.4 is 0 Å². The molecule has 0 spiro atoms. The molecular weight excluding hydrogens is 275 g/mol. The third-order valence-corrected chi connectivity index (χ3v) is 3.86. The molecule has 1 N–H and O–H groups in total. The third-order valence-electron chi connectivity index (χ3n) is 2.97. The zero-order chi connectivity index (χ0) is 11.5. The molecule has 4 heteroatoms. The van der Waals surface area contributed by atoms with E-state index in [1.54, 1.807) is 6.07 Å². The lowest BCUT2D eigenvalue weighted by Crippen LogP contribution is -2.23. The zero-order valence-corrected chi connectivity index (χ0v) is 10.4. The van der Waals surface area contributed by atoms with Gasteiger partial charge in [-0.3, -0.25) is 0 Å². The molecule has 1 aliphatic heterocycles. The number of ether oxygens (including phenoxy) is 1. The molecule has 88 valence electrons. The summed E-state index contributed by atoms with van der Waals surface area (Å²) in [5.41, 5.74) is 0.805. The van der Waals surface area contributed by atoms with E-state index in [2.05, 4.69) is 15.9 Å². The number of hydrogen-bond donors (Lipinski definition) is 1. The lowest BCUT2D eigenvalue weighted by Gasteiger charge is -2.17. The Balaban J connectivity index is 2.05. The summed E-state index contributed by atoms with van der Waals surface area (Å²) in [4.78, 5) is 0. The van der Waals surface area contributed by atoms with E-state index >= 15 is 0 Å². The molecule has 0 amide bonds. The Morgan fingerprint density at radius 2 is 2.38 bits per heavy atom. The largest absolute Gasteiger partial charge is 0.392 e. The van der Waals surface area contributed by atoms with E-state index in [1.807, 2.05) is 6.07 Å². The van der Waals surface area contributed by atoms with Crippen molar-refractivity contribution in [3.8, 4) is 0 Å². The first kappa shape index (κ1) is 12.0. The molecule has 16 heavy (non-hydrogen) atoms. The predicted octanol–water partition coefficient (Wildman–Crippen LogP) is 2.53. The maximum atomic E-state index is 13.3. The van der Waals surface area contributed by atoms with Crippen LogP contribution in [0.15, 0.2) is 22.7 Å². The van der Waals surface area contributed by atoms with E-state index in [4.69, 9.17) is 4.74 Å². The van der Waals surface area contributed by atoms with Gasteiger partial charge in [0.2, 0.25) is 0 Å². The minimum absolute atomic E-state index is 0.176. The average Bonchev–Trinajstić information content (AvgIpc) is 2.78. The quantitative estimate of drug-likeness (QED) is 0.926. The molecule has 1 aromatic rings. The van der Waals surface area contributed by atoms with Gasteiger partial charge in [-0.15, -0.1) is 0 Å². The van der Waals surface area contributed by atoms with Crippen LogP contribution in [-0.2, 0) is 11.2 Å². The molecule has 1 saturated heterocycles. The smallest absolute Gasteiger partial charge is 0.137 e. The Bertz CT molecular complexity index is 364. The molecular formula is C12H14BrFO2. The maximum absolute atomic E-state index is 13.3. The fraction of sp³-hybridized carbons (Fsp3) is 0.500. The zero-order valence-electron chi connectivity index (χ0n) is 8.83. The highest BCUT2D eigenvalue weighted by Crippen LogP contribution is 2.25. The van der Waals surface area contributed by atoms with Crippen molar-refractivity contribution in [3.63, 3.8) is 0 Å². The fourth-order valence-electron chi connectivity index (χ4n) is 1.95. The molecule has 2 rings (SSSR count). The van der Waals surface area contributed by atoms with Gasteiger partial charge in [0, 0.05) is 12.5 Å². The Morgan fingerprint density at radius 3 is 3.06 bits per heavy atom. The molecule has 1 fully saturated rings. The van der Waals surface area contributed by atoms with Gasteiger partial charge in [0.05, 0.1) is 17.2 Å². The van der Waals surface area contributed by atoms with Crippen molar-refractivity contribution in [2.24, 2.45) is 5.92 Å². The highest BCUT2D eigenvalue weighted by atomic mass is 79.9. The van der Waals surface area contributed by atoms with E-state index in [0.717, 1.165) is 12.0 Å². The van der Waals surface area contributed by atoms with Crippen LogP contribution in [0.5, 0.6) is 0 Å². The van der Waals surface area contributed by atoms with Gasteiger partial charge in [-0.1, -0.05) is 12.1 Å². The summed E-state index contributed by atoms with van der Waals surface area (Å²) < 4.78 is 18.9. The normalized spacial score (nSPS) is 22.3. The van der Waals surface area contributed by atoms with Gasteiger partial charge in [0.25, 0.3) is 0 Å². The summed E-state index contributed by atoms with van der Waals surface area (Å²) in [6, 6.07) is 4.89. The molecule has 0 aliphatic carbocycles. The second-order valence-corrected chi connectivity index (χ2v) is 4.90. The summed E-state index contributed by atoms with van der Waals surface area (Å²) in [6.07, 6.45) is 0.890. The Kier molecular flexibility index (Phi) is 3.95. The van der Waals surface area contributed by atoms with Crippen molar-refractivity contribution in [3.05, 3.63) is 34.1 Å². The van der Waals surface area contributed by atoms with Gasteiger partial charge in [-0.2, -0.15) is 0 Å². The van der Waals surface area contributed by atoms with Crippen molar-refractivity contribution in [1.82, 2.24) is 0 Å². The molecule has 1 aromatic carbocycles. The lowest BCUT2D eigenvalue weighted by molar-refractivity contribution is 0.0917. The van der Waals surface area contributed by atoms with Gasteiger partial charge >= 0.3 is 0 Å². The molecule has 2 atom stereocenters. The van der Waals surface area contributed by atoms with Gasteiger partial charge in [0.15, 0.2) is 0 Å². The van der Waals surface area contributed by atoms with Crippen LogP contribution in [0.3, 0.4) is 0 Å². The van der Waals surface area contributed by atoms with Gasteiger partial charge in [-0.25, -0.2) is 4.39 Å². The molecule has 0 radical (unpaired) electrons. The van der Waals surface area contributed by atoms with E-state index in [1.165, 1.54) is 6.07 Å². The molecule has 0 bridgehead atoms. The number of rotatable bonds is 3. The summed E-state index contributed by atoms with van der Waals surface area (Å²) >= 11 is 3.20. The molecule has 1 heterocycles. The summed E-state index contributed by atoms with van der Waals surface area (Å²) in [7, 11) is 0. The topological polar surface area (TPSA) is 29.5 Å². The average molecular weight is 289 g/mol. The van der Waals surface area contributed by atoms with Crippen molar-refractivity contribution >= 4 is 15.9 Å². The van der Waals surface area contributed by atoms with Gasteiger partial charge < -0.3 is 9.84 Å². The van der Waals surface area contributed by atoms with Gasteiger partial charge in [-0.05, 0) is 40.4 Å². The van der Waals surface area contributed by atoms with Crippen LogP contribution in [0.2, 0.25) is 0 Å². The van der Waals surface area contributed by atoms with Crippen LogP contribution in [0.4, 0.5) is 4.39 Å². The Morgan fingerprint density at radius 1 is 1.56 bits per heavy atom. The fourth-order valence-corrected chi connectivity index (χ4v) is 2.38. The molecule has 1 aliphatic rings.